The molecule has 1 N–H and O–H groups in total. The quantitative estimate of drug-likeness (QED) is 0.463. The number of ether oxygens (including phenoxy) is 2. The third kappa shape index (κ3) is 7.36. The number of Topliss-reactive ketones (excluding diaryl/α,β-unsaturated/α-hetero) is 1. The summed E-state index contributed by atoms with van der Waals surface area (Å²) in [6.07, 6.45) is 0.719. The zero-order valence-corrected chi connectivity index (χ0v) is 10.2. The highest BCUT2D eigenvalue weighted by Crippen LogP contribution is 2.00. The lowest BCUT2D eigenvalue weighted by atomic mass is 10.1. The lowest BCUT2D eigenvalue weighted by Gasteiger charge is -2.11. The van der Waals surface area contributed by atoms with E-state index in [-0.39, 0.29) is 30.8 Å². The molecule has 0 aromatic rings. The molecule has 1 unspecified atom stereocenters. The molecule has 0 heterocycles. The first-order chi connectivity index (χ1) is 7.61. The van der Waals surface area contributed by atoms with Crippen LogP contribution < -0.4 is 5.32 Å². The van der Waals surface area contributed by atoms with Crippen molar-refractivity contribution in [1.29, 1.82) is 0 Å². The zero-order chi connectivity index (χ0) is 12.4. The second kappa shape index (κ2) is 9.30. The first-order valence-electron chi connectivity index (χ1n) is 5.52. The van der Waals surface area contributed by atoms with Crippen LogP contribution >= 0.6 is 0 Å². The SMILES string of the molecule is CCOCCOC(=O)CCC(NC)C(C)=O. The molecular formula is C11H21NO4. The minimum atomic E-state index is -0.291. The molecule has 0 bridgehead atoms. The maximum atomic E-state index is 11.2. The van der Waals surface area contributed by atoms with Gasteiger partial charge in [-0.1, -0.05) is 0 Å². The first kappa shape index (κ1) is 15.1. The van der Waals surface area contributed by atoms with Crippen LogP contribution in [0.1, 0.15) is 26.7 Å². The standard InChI is InChI=1S/C11H21NO4/c1-4-15-7-8-16-11(14)6-5-10(12-3)9(2)13/h10,12H,4-8H2,1-3H3. The van der Waals surface area contributed by atoms with E-state index < -0.39 is 0 Å². The molecule has 5 nitrogen and oxygen atoms in total. The minimum absolute atomic E-state index is 0.0321. The molecule has 0 aromatic carbocycles. The Labute approximate surface area is 96.5 Å². The van der Waals surface area contributed by atoms with Crippen molar-refractivity contribution in [3.8, 4) is 0 Å². The Balaban J connectivity index is 3.59. The molecule has 0 rings (SSSR count). The normalized spacial score (nSPS) is 12.2. The Morgan fingerprint density at radius 3 is 2.50 bits per heavy atom. The molecule has 0 spiro atoms. The highest BCUT2D eigenvalue weighted by atomic mass is 16.6. The molecule has 16 heavy (non-hydrogen) atoms. The van der Waals surface area contributed by atoms with Gasteiger partial charge in [-0.05, 0) is 27.3 Å². The van der Waals surface area contributed by atoms with Gasteiger partial charge in [0.2, 0.25) is 0 Å². The number of hydrogen-bond acceptors (Lipinski definition) is 5. The highest BCUT2D eigenvalue weighted by molar-refractivity contribution is 5.82. The average Bonchev–Trinajstić information content (AvgIpc) is 2.25. The molecule has 0 fully saturated rings. The predicted octanol–water partition coefficient (Wildman–Crippen LogP) is 0.523. The number of esters is 1. The monoisotopic (exact) mass is 231 g/mol. The van der Waals surface area contributed by atoms with E-state index in [1.165, 1.54) is 6.92 Å². The molecule has 0 saturated heterocycles. The van der Waals surface area contributed by atoms with Gasteiger partial charge in [-0.15, -0.1) is 0 Å². The summed E-state index contributed by atoms with van der Waals surface area (Å²) in [6.45, 7) is 4.69. The summed E-state index contributed by atoms with van der Waals surface area (Å²) >= 11 is 0. The van der Waals surface area contributed by atoms with Crippen molar-refractivity contribution in [2.24, 2.45) is 0 Å². The van der Waals surface area contributed by atoms with E-state index in [0.29, 0.717) is 19.6 Å². The summed E-state index contributed by atoms with van der Waals surface area (Å²) in [6, 6.07) is -0.264. The second-order valence-electron chi connectivity index (χ2n) is 3.41. The summed E-state index contributed by atoms with van der Waals surface area (Å²) in [5.41, 5.74) is 0. The first-order valence-corrected chi connectivity index (χ1v) is 5.52. The molecule has 0 aliphatic rings. The van der Waals surface area contributed by atoms with Crippen LogP contribution in [0.25, 0.3) is 0 Å². The van der Waals surface area contributed by atoms with Gasteiger partial charge in [-0.2, -0.15) is 0 Å². The van der Waals surface area contributed by atoms with Gasteiger partial charge in [0.25, 0.3) is 0 Å². The summed E-state index contributed by atoms with van der Waals surface area (Å²) in [4.78, 5) is 22.3. The number of carbonyl (C=O) groups excluding carboxylic acids is 2. The molecule has 94 valence electrons. The Morgan fingerprint density at radius 1 is 1.31 bits per heavy atom. The van der Waals surface area contributed by atoms with Crippen molar-refractivity contribution < 1.29 is 19.1 Å². The van der Waals surface area contributed by atoms with Crippen LogP contribution in [0.4, 0.5) is 0 Å². The lowest BCUT2D eigenvalue weighted by molar-refractivity contribution is -0.145. The molecule has 0 aromatic heterocycles. The van der Waals surface area contributed by atoms with Gasteiger partial charge < -0.3 is 14.8 Å². The highest BCUT2D eigenvalue weighted by Gasteiger charge is 2.13. The largest absolute Gasteiger partial charge is 0.463 e. The van der Waals surface area contributed by atoms with Crippen LogP contribution in [0.5, 0.6) is 0 Å². The van der Waals surface area contributed by atoms with Gasteiger partial charge in [0.05, 0.1) is 12.6 Å². The van der Waals surface area contributed by atoms with Crippen molar-refractivity contribution >= 4 is 11.8 Å². The maximum Gasteiger partial charge on any atom is 0.305 e. The number of carbonyl (C=O) groups is 2. The van der Waals surface area contributed by atoms with Crippen molar-refractivity contribution in [3.05, 3.63) is 0 Å². The van der Waals surface area contributed by atoms with E-state index in [1.54, 1.807) is 7.05 Å². The Kier molecular flexibility index (Phi) is 8.75. The summed E-state index contributed by atoms with van der Waals surface area (Å²) in [5.74, 6) is -0.259. The Morgan fingerprint density at radius 2 is 2.00 bits per heavy atom. The third-order valence-electron chi connectivity index (χ3n) is 2.17. The average molecular weight is 231 g/mol. The van der Waals surface area contributed by atoms with Gasteiger partial charge in [-0.3, -0.25) is 9.59 Å². The van der Waals surface area contributed by atoms with Gasteiger partial charge >= 0.3 is 5.97 Å². The van der Waals surface area contributed by atoms with Gasteiger partial charge in [0.15, 0.2) is 0 Å². The van der Waals surface area contributed by atoms with E-state index in [0.717, 1.165) is 0 Å². The van der Waals surface area contributed by atoms with Crippen molar-refractivity contribution in [1.82, 2.24) is 5.32 Å². The van der Waals surface area contributed by atoms with Crippen molar-refractivity contribution in [2.75, 3.05) is 26.9 Å². The van der Waals surface area contributed by atoms with Crippen LogP contribution in [0.15, 0.2) is 0 Å². The van der Waals surface area contributed by atoms with E-state index in [9.17, 15) is 9.59 Å². The topological polar surface area (TPSA) is 64.6 Å². The molecule has 0 radical (unpaired) electrons. The molecular weight excluding hydrogens is 210 g/mol. The van der Waals surface area contributed by atoms with Crippen LogP contribution in [0.2, 0.25) is 0 Å². The molecule has 5 heteroatoms. The summed E-state index contributed by atoms with van der Waals surface area (Å²) < 4.78 is 9.94. The fourth-order valence-corrected chi connectivity index (χ4v) is 1.24. The van der Waals surface area contributed by atoms with Crippen LogP contribution in [-0.4, -0.2) is 44.7 Å². The molecule has 0 saturated carbocycles. The van der Waals surface area contributed by atoms with Crippen molar-refractivity contribution in [2.45, 2.75) is 32.7 Å². The zero-order valence-electron chi connectivity index (χ0n) is 10.2. The fraction of sp³-hybridized carbons (Fsp3) is 0.818. The number of likely N-dealkylation sites (N-methyl/N-ethyl adjacent to an activating group) is 1. The van der Waals surface area contributed by atoms with E-state index >= 15 is 0 Å². The van der Waals surface area contributed by atoms with Gasteiger partial charge in [-0.25, -0.2) is 0 Å². The molecule has 1 atom stereocenters. The van der Waals surface area contributed by atoms with Crippen LogP contribution in [-0.2, 0) is 19.1 Å². The third-order valence-corrected chi connectivity index (χ3v) is 2.17. The summed E-state index contributed by atoms with van der Waals surface area (Å²) in [7, 11) is 1.70. The number of ketones is 1. The number of nitrogens with one attached hydrogen (secondary N) is 1. The fourth-order valence-electron chi connectivity index (χ4n) is 1.24. The predicted molar refractivity (Wildman–Crippen MR) is 60.2 cm³/mol. The number of rotatable bonds is 9. The Bertz CT molecular complexity index is 218. The molecule has 0 aliphatic carbocycles. The number of hydrogen-bond donors (Lipinski definition) is 1. The van der Waals surface area contributed by atoms with E-state index in [4.69, 9.17) is 9.47 Å². The van der Waals surface area contributed by atoms with Crippen LogP contribution in [0, 0.1) is 0 Å². The van der Waals surface area contributed by atoms with Crippen molar-refractivity contribution in [3.63, 3.8) is 0 Å². The van der Waals surface area contributed by atoms with E-state index in [1.807, 2.05) is 6.92 Å². The minimum Gasteiger partial charge on any atom is -0.463 e. The second-order valence-corrected chi connectivity index (χ2v) is 3.41. The van der Waals surface area contributed by atoms with Crippen LogP contribution in [0.3, 0.4) is 0 Å². The smallest absolute Gasteiger partial charge is 0.305 e. The van der Waals surface area contributed by atoms with E-state index in [2.05, 4.69) is 5.32 Å². The Hall–Kier alpha value is -0.940. The van der Waals surface area contributed by atoms with Gasteiger partial charge in [0.1, 0.15) is 12.4 Å². The molecule has 0 aliphatic heterocycles. The van der Waals surface area contributed by atoms with Gasteiger partial charge in [0, 0.05) is 13.0 Å². The summed E-state index contributed by atoms with van der Waals surface area (Å²) in [5, 5.41) is 2.85. The maximum absolute atomic E-state index is 11.2. The molecule has 0 amide bonds. The lowest BCUT2D eigenvalue weighted by Crippen LogP contribution is -2.32.